The fourth-order valence-corrected chi connectivity index (χ4v) is 4.84. The van der Waals surface area contributed by atoms with Gasteiger partial charge in [-0.05, 0) is 53.1 Å². The highest BCUT2D eigenvalue weighted by Gasteiger charge is 2.21. The van der Waals surface area contributed by atoms with E-state index in [0.29, 0.717) is 18.1 Å². The fourth-order valence-electron chi connectivity index (χ4n) is 3.76. The Morgan fingerprint density at radius 3 is 2.68 bits per heavy atom. The highest BCUT2D eigenvalue weighted by Crippen LogP contribution is 2.31. The summed E-state index contributed by atoms with van der Waals surface area (Å²) in [6.45, 7) is 2.46. The summed E-state index contributed by atoms with van der Waals surface area (Å²) >= 11 is 1.55. The predicted octanol–water partition coefficient (Wildman–Crippen LogP) is 5.93. The predicted molar refractivity (Wildman–Crippen MR) is 127 cm³/mol. The van der Waals surface area contributed by atoms with Crippen LogP contribution in [-0.4, -0.2) is 15.9 Å². The molecule has 2 heterocycles. The van der Waals surface area contributed by atoms with Crippen LogP contribution in [0.3, 0.4) is 0 Å². The van der Waals surface area contributed by atoms with Crippen molar-refractivity contribution >= 4 is 43.4 Å². The number of thiazole rings is 1. The average molecular weight is 424 g/mol. The second-order valence-corrected chi connectivity index (χ2v) is 8.59. The minimum absolute atomic E-state index is 0.0118. The molecule has 0 aliphatic carbocycles. The number of carbonyl (C=O) groups is 1. The van der Waals surface area contributed by atoms with Crippen molar-refractivity contribution in [2.24, 2.45) is 0 Å². The number of benzene rings is 3. The summed E-state index contributed by atoms with van der Waals surface area (Å²) in [6.07, 6.45) is 2.06. The van der Waals surface area contributed by atoms with Crippen LogP contribution >= 0.6 is 11.3 Å². The van der Waals surface area contributed by atoms with Gasteiger partial charge in [0, 0.05) is 6.20 Å². The lowest BCUT2D eigenvalue weighted by atomic mass is 10.0. The number of rotatable bonds is 5. The molecule has 5 rings (SSSR count). The van der Waals surface area contributed by atoms with E-state index < -0.39 is 0 Å². The third-order valence-electron chi connectivity index (χ3n) is 5.33. The summed E-state index contributed by atoms with van der Waals surface area (Å²) in [5.74, 6) is 0.0118. The average Bonchev–Trinajstić information content (AvgIpc) is 3.21. The van der Waals surface area contributed by atoms with E-state index in [2.05, 4.69) is 36.2 Å². The number of amides is 1. The maximum Gasteiger partial charge on any atom is 0.233 e. The molecule has 0 unspecified atom stereocenters. The third-order valence-corrected chi connectivity index (χ3v) is 6.37. The van der Waals surface area contributed by atoms with Crippen molar-refractivity contribution in [1.82, 2.24) is 9.97 Å². The number of aryl methyl sites for hydroxylation is 1. The Morgan fingerprint density at radius 2 is 1.81 bits per heavy atom. The van der Waals surface area contributed by atoms with E-state index in [4.69, 9.17) is 4.98 Å². The monoisotopic (exact) mass is 423 g/mol. The number of nitrogens with zero attached hydrogens (tertiary/aromatic N) is 3. The van der Waals surface area contributed by atoms with Gasteiger partial charge in [0.2, 0.25) is 5.91 Å². The minimum atomic E-state index is 0.0118. The zero-order valence-corrected chi connectivity index (χ0v) is 18.0. The van der Waals surface area contributed by atoms with Crippen LogP contribution in [0.2, 0.25) is 0 Å². The lowest BCUT2D eigenvalue weighted by Crippen LogP contribution is -2.32. The zero-order chi connectivity index (χ0) is 21.2. The van der Waals surface area contributed by atoms with Crippen LogP contribution in [0.25, 0.3) is 21.0 Å². The third kappa shape index (κ3) is 4.05. The molecule has 0 saturated heterocycles. The Morgan fingerprint density at radius 1 is 0.968 bits per heavy atom. The molecule has 0 saturated carbocycles. The quantitative estimate of drug-likeness (QED) is 0.352. The van der Waals surface area contributed by atoms with Crippen molar-refractivity contribution in [2.45, 2.75) is 19.9 Å². The van der Waals surface area contributed by atoms with E-state index in [1.54, 1.807) is 22.4 Å². The van der Waals surface area contributed by atoms with Gasteiger partial charge in [0.15, 0.2) is 5.13 Å². The molecule has 0 aliphatic rings. The molecule has 0 N–H and O–H groups in total. The Hall–Kier alpha value is -3.57. The topological polar surface area (TPSA) is 46.1 Å². The van der Waals surface area contributed by atoms with Gasteiger partial charge in [-0.25, -0.2) is 4.98 Å². The first-order chi connectivity index (χ1) is 15.2. The van der Waals surface area contributed by atoms with E-state index in [9.17, 15) is 4.79 Å². The van der Waals surface area contributed by atoms with E-state index in [1.165, 1.54) is 5.56 Å². The smallest absolute Gasteiger partial charge is 0.233 e. The number of pyridine rings is 1. The molecule has 1 amide bonds. The molecule has 0 fully saturated rings. The molecule has 5 aromatic rings. The molecular weight excluding hydrogens is 402 g/mol. The molecule has 5 heteroatoms. The standard InChI is InChI=1S/C26H21N3OS/c1-18-12-13-23-24(15-18)31-26(28-23)29(17-21-10-4-5-14-27-21)25(30)16-20-9-6-8-19-7-2-3-11-22(19)20/h2-15H,16-17H2,1H3. The summed E-state index contributed by atoms with van der Waals surface area (Å²) in [5, 5.41) is 2.95. The van der Waals surface area contributed by atoms with Gasteiger partial charge in [0.05, 0.1) is 28.9 Å². The summed E-state index contributed by atoms with van der Waals surface area (Å²) in [4.78, 5) is 24.5. The van der Waals surface area contributed by atoms with E-state index >= 15 is 0 Å². The number of hydrogen-bond donors (Lipinski definition) is 0. The molecule has 4 nitrogen and oxygen atoms in total. The van der Waals surface area contributed by atoms with Gasteiger partial charge in [-0.15, -0.1) is 0 Å². The largest absolute Gasteiger partial charge is 0.282 e. The first-order valence-corrected chi connectivity index (χ1v) is 11.0. The normalized spacial score (nSPS) is 11.1. The van der Waals surface area contributed by atoms with Crippen LogP contribution in [0.5, 0.6) is 0 Å². The summed E-state index contributed by atoms with van der Waals surface area (Å²) in [5.41, 5.74) is 3.95. The number of anilines is 1. The van der Waals surface area contributed by atoms with Gasteiger partial charge in [-0.2, -0.15) is 0 Å². The second kappa shape index (κ2) is 8.28. The first kappa shape index (κ1) is 19.4. The Labute approximate surface area is 184 Å². The van der Waals surface area contributed by atoms with Gasteiger partial charge < -0.3 is 0 Å². The Bertz CT molecular complexity index is 1370. The summed E-state index contributed by atoms with van der Waals surface area (Å²) in [7, 11) is 0. The van der Waals surface area contributed by atoms with Crippen molar-refractivity contribution in [2.75, 3.05) is 4.90 Å². The molecule has 31 heavy (non-hydrogen) atoms. The molecular formula is C26H21N3OS. The van der Waals surface area contributed by atoms with Gasteiger partial charge in [-0.1, -0.05) is 65.9 Å². The lowest BCUT2D eigenvalue weighted by Gasteiger charge is -2.20. The highest BCUT2D eigenvalue weighted by atomic mass is 32.1. The van der Waals surface area contributed by atoms with Crippen LogP contribution in [0.1, 0.15) is 16.8 Å². The molecule has 0 spiro atoms. The van der Waals surface area contributed by atoms with Crippen LogP contribution in [-0.2, 0) is 17.8 Å². The van der Waals surface area contributed by atoms with Crippen LogP contribution in [0, 0.1) is 6.92 Å². The van der Waals surface area contributed by atoms with Crippen LogP contribution < -0.4 is 4.90 Å². The molecule has 0 bridgehead atoms. The van der Waals surface area contributed by atoms with E-state index in [0.717, 1.165) is 32.2 Å². The Balaban J connectivity index is 1.53. The van der Waals surface area contributed by atoms with E-state index in [-0.39, 0.29) is 5.91 Å². The Kier molecular flexibility index (Phi) is 5.18. The maximum absolute atomic E-state index is 13.6. The van der Waals surface area contributed by atoms with Crippen molar-refractivity contribution in [3.63, 3.8) is 0 Å². The first-order valence-electron chi connectivity index (χ1n) is 10.2. The number of carbonyl (C=O) groups excluding carboxylic acids is 1. The van der Waals surface area contributed by atoms with Crippen LogP contribution in [0.15, 0.2) is 85.1 Å². The van der Waals surface area contributed by atoms with Crippen LogP contribution in [0.4, 0.5) is 5.13 Å². The van der Waals surface area contributed by atoms with Crippen molar-refractivity contribution in [3.05, 3.63) is 102 Å². The van der Waals surface area contributed by atoms with Gasteiger partial charge in [0.1, 0.15) is 0 Å². The van der Waals surface area contributed by atoms with Gasteiger partial charge >= 0.3 is 0 Å². The molecule has 3 aromatic carbocycles. The fraction of sp³-hybridized carbons (Fsp3) is 0.115. The van der Waals surface area contributed by atoms with Gasteiger partial charge in [-0.3, -0.25) is 14.7 Å². The van der Waals surface area contributed by atoms with Crippen molar-refractivity contribution in [1.29, 1.82) is 0 Å². The molecule has 0 radical (unpaired) electrons. The molecule has 0 aliphatic heterocycles. The highest BCUT2D eigenvalue weighted by molar-refractivity contribution is 7.22. The molecule has 152 valence electrons. The lowest BCUT2D eigenvalue weighted by molar-refractivity contribution is -0.118. The SMILES string of the molecule is Cc1ccc2nc(N(Cc3ccccn3)C(=O)Cc3cccc4ccccc34)sc2c1. The zero-order valence-electron chi connectivity index (χ0n) is 17.2. The van der Waals surface area contributed by atoms with E-state index in [1.807, 2.05) is 54.6 Å². The van der Waals surface area contributed by atoms with Crippen molar-refractivity contribution < 1.29 is 4.79 Å². The maximum atomic E-state index is 13.6. The van der Waals surface area contributed by atoms with Crippen molar-refractivity contribution in [3.8, 4) is 0 Å². The van der Waals surface area contributed by atoms with Gasteiger partial charge in [0.25, 0.3) is 0 Å². The number of aromatic nitrogens is 2. The summed E-state index contributed by atoms with van der Waals surface area (Å²) < 4.78 is 1.08. The molecule has 0 atom stereocenters. The second-order valence-electron chi connectivity index (χ2n) is 7.58. The number of hydrogen-bond acceptors (Lipinski definition) is 4. The number of fused-ring (bicyclic) bond motifs is 2. The minimum Gasteiger partial charge on any atom is -0.282 e. The molecule has 2 aromatic heterocycles. The summed E-state index contributed by atoms with van der Waals surface area (Å²) in [6, 6.07) is 26.2.